The van der Waals surface area contributed by atoms with Crippen molar-refractivity contribution < 1.29 is 23.6 Å². The summed E-state index contributed by atoms with van der Waals surface area (Å²) in [6.07, 6.45) is 20.1. The third-order valence-corrected chi connectivity index (χ3v) is 4.90. The monoisotopic (exact) mass is 380 g/mol. The second kappa shape index (κ2) is 18.8. The Balaban J connectivity index is 3.02. The van der Waals surface area contributed by atoms with Gasteiger partial charge in [-0.15, -0.1) is 0 Å². The molecule has 0 saturated heterocycles. The largest absolute Gasteiger partial charge is 0.469 e. The van der Waals surface area contributed by atoms with Crippen LogP contribution in [0.1, 0.15) is 103 Å². The molecule has 2 N–H and O–H groups in total. The van der Waals surface area contributed by atoms with Crippen LogP contribution in [-0.4, -0.2) is 29.6 Å². The summed E-state index contributed by atoms with van der Waals surface area (Å²) in [6.45, 7) is 3.10. The second-order valence-electron chi connectivity index (χ2n) is 6.89. The van der Waals surface area contributed by atoms with E-state index in [0.29, 0.717) is 6.61 Å². The molecule has 25 heavy (non-hydrogen) atoms. The molecule has 0 fully saturated rings. The van der Waals surface area contributed by atoms with Gasteiger partial charge in [0, 0.05) is 6.61 Å². The predicted molar refractivity (Wildman–Crippen MR) is 104 cm³/mol. The van der Waals surface area contributed by atoms with E-state index in [2.05, 4.69) is 11.4 Å². The first-order chi connectivity index (χ1) is 12.1. The quantitative estimate of drug-likeness (QED) is 0.201. The molecule has 0 atom stereocenters. The van der Waals surface area contributed by atoms with Crippen molar-refractivity contribution in [1.29, 1.82) is 0 Å². The summed E-state index contributed by atoms with van der Waals surface area (Å²) in [7, 11) is -4.34. The third kappa shape index (κ3) is 24.1. The number of phosphoric acid groups is 1. The molecule has 0 amide bonds. The zero-order valence-electron chi connectivity index (χ0n) is 16.3. The lowest BCUT2D eigenvalue weighted by atomic mass is 10.0. The van der Waals surface area contributed by atoms with E-state index in [1.54, 1.807) is 0 Å². The Bertz CT molecular complexity index is 306. The van der Waals surface area contributed by atoms with Crippen LogP contribution in [0.5, 0.6) is 0 Å². The van der Waals surface area contributed by atoms with Gasteiger partial charge in [-0.2, -0.15) is 0 Å². The van der Waals surface area contributed by atoms with E-state index in [0.717, 1.165) is 12.8 Å². The van der Waals surface area contributed by atoms with Crippen molar-refractivity contribution in [2.75, 3.05) is 19.8 Å². The highest BCUT2D eigenvalue weighted by molar-refractivity contribution is 7.46. The van der Waals surface area contributed by atoms with Gasteiger partial charge >= 0.3 is 7.82 Å². The topological polar surface area (TPSA) is 76.0 Å². The van der Waals surface area contributed by atoms with Crippen LogP contribution in [0.25, 0.3) is 0 Å². The molecule has 0 bridgehead atoms. The van der Waals surface area contributed by atoms with Crippen LogP contribution in [0, 0.1) is 0 Å². The van der Waals surface area contributed by atoms with E-state index >= 15 is 0 Å². The average molecular weight is 381 g/mol. The molecule has 6 heteroatoms. The fraction of sp³-hybridized carbons (Fsp3) is 1.00. The molecule has 0 aromatic carbocycles. The molecule has 0 aliphatic rings. The number of unbranched alkanes of at least 4 members (excludes halogenated alkanes) is 14. The predicted octanol–water partition coefficient (Wildman–Crippen LogP) is 5.98. The first kappa shape index (κ1) is 25.1. The number of hydrogen-bond donors (Lipinski definition) is 2. The van der Waals surface area contributed by atoms with E-state index in [1.165, 1.54) is 83.5 Å². The molecule has 0 saturated carbocycles. The van der Waals surface area contributed by atoms with Crippen LogP contribution in [0.4, 0.5) is 0 Å². The summed E-state index contributed by atoms with van der Waals surface area (Å²) in [5, 5.41) is 0. The molecule has 0 rings (SSSR count). The lowest BCUT2D eigenvalue weighted by Gasteiger charge is -2.06. The highest BCUT2D eigenvalue weighted by atomic mass is 31.2. The Labute approximate surface area is 155 Å². The Hall–Kier alpha value is 0.0700. The SMILES string of the molecule is CCCCCCCCCCCCCCCCCOCCOP(=O)(O)O. The van der Waals surface area contributed by atoms with E-state index in [4.69, 9.17) is 14.5 Å². The first-order valence-electron chi connectivity index (χ1n) is 10.3. The van der Waals surface area contributed by atoms with Gasteiger partial charge in [-0.25, -0.2) is 4.57 Å². The van der Waals surface area contributed by atoms with Gasteiger partial charge in [-0.05, 0) is 6.42 Å². The van der Waals surface area contributed by atoms with Gasteiger partial charge in [0.05, 0.1) is 13.2 Å². The smallest absolute Gasteiger partial charge is 0.379 e. The zero-order chi connectivity index (χ0) is 18.6. The molecular weight excluding hydrogens is 339 g/mol. The van der Waals surface area contributed by atoms with Crippen molar-refractivity contribution in [3.05, 3.63) is 0 Å². The standard InChI is InChI=1S/C19H41O5P/c1-2-3-4-5-6-7-8-9-10-11-12-13-14-15-16-17-23-18-19-24-25(20,21)22/h2-19H2,1H3,(H2,20,21,22). The highest BCUT2D eigenvalue weighted by Crippen LogP contribution is 2.35. The van der Waals surface area contributed by atoms with Crippen LogP contribution in [0.15, 0.2) is 0 Å². The molecule has 0 unspecified atom stereocenters. The van der Waals surface area contributed by atoms with Crippen LogP contribution in [0.3, 0.4) is 0 Å². The fourth-order valence-electron chi connectivity index (χ4n) is 2.89. The highest BCUT2D eigenvalue weighted by Gasteiger charge is 2.12. The molecule has 0 radical (unpaired) electrons. The lowest BCUT2D eigenvalue weighted by molar-refractivity contribution is 0.0831. The molecular formula is C19H41O5P. The Morgan fingerprint density at radius 1 is 0.600 bits per heavy atom. The van der Waals surface area contributed by atoms with E-state index < -0.39 is 7.82 Å². The van der Waals surface area contributed by atoms with E-state index in [-0.39, 0.29) is 13.2 Å². The van der Waals surface area contributed by atoms with Crippen molar-refractivity contribution in [2.45, 2.75) is 103 Å². The minimum Gasteiger partial charge on any atom is -0.379 e. The zero-order valence-corrected chi connectivity index (χ0v) is 17.2. The van der Waals surface area contributed by atoms with Crippen LogP contribution < -0.4 is 0 Å². The minimum absolute atomic E-state index is 0.0526. The summed E-state index contributed by atoms with van der Waals surface area (Å²) in [4.78, 5) is 17.0. The van der Waals surface area contributed by atoms with Gasteiger partial charge in [-0.1, -0.05) is 96.8 Å². The number of ether oxygens (including phenoxy) is 1. The Morgan fingerprint density at radius 2 is 1.00 bits per heavy atom. The molecule has 152 valence electrons. The molecule has 0 aromatic rings. The molecule has 0 heterocycles. The van der Waals surface area contributed by atoms with Crippen molar-refractivity contribution >= 4 is 7.82 Å². The van der Waals surface area contributed by atoms with E-state index in [1.807, 2.05) is 0 Å². The maximum atomic E-state index is 10.4. The summed E-state index contributed by atoms with van der Waals surface area (Å²) in [5.74, 6) is 0. The van der Waals surface area contributed by atoms with Gasteiger partial charge in [-0.3, -0.25) is 4.52 Å². The van der Waals surface area contributed by atoms with Crippen molar-refractivity contribution in [2.24, 2.45) is 0 Å². The number of rotatable bonds is 20. The molecule has 5 nitrogen and oxygen atoms in total. The van der Waals surface area contributed by atoms with Gasteiger partial charge in [0.2, 0.25) is 0 Å². The number of phosphoric ester groups is 1. The molecule has 0 aromatic heterocycles. The van der Waals surface area contributed by atoms with Crippen molar-refractivity contribution in [3.8, 4) is 0 Å². The Morgan fingerprint density at radius 3 is 1.40 bits per heavy atom. The Kier molecular flexibility index (Phi) is 18.9. The average Bonchev–Trinajstić information content (AvgIpc) is 2.56. The van der Waals surface area contributed by atoms with Gasteiger partial charge in [0.25, 0.3) is 0 Å². The van der Waals surface area contributed by atoms with Crippen molar-refractivity contribution in [3.63, 3.8) is 0 Å². The normalized spacial score (nSPS) is 12.0. The lowest BCUT2D eigenvalue weighted by Crippen LogP contribution is -2.04. The minimum atomic E-state index is -4.34. The second-order valence-corrected chi connectivity index (χ2v) is 8.13. The summed E-state index contributed by atoms with van der Waals surface area (Å²) < 4.78 is 20.0. The summed E-state index contributed by atoms with van der Waals surface area (Å²) in [6, 6.07) is 0. The maximum Gasteiger partial charge on any atom is 0.469 e. The van der Waals surface area contributed by atoms with Gasteiger partial charge in [0.1, 0.15) is 0 Å². The molecule has 0 spiro atoms. The van der Waals surface area contributed by atoms with Crippen molar-refractivity contribution in [1.82, 2.24) is 0 Å². The van der Waals surface area contributed by atoms with Crippen LogP contribution in [0.2, 0.25) is 0 Å². The third-order valence-electron chi connectivity index (χ3n) is 4.38. The summed E-state index contributed by atoms with van der Waals surface area (Å²) in [5.41, 5.74) is 0. The molecule has 0 aliphatic heterocycles. The summed E-state index contributed by atoms with van der Waals surface area (Å²) >= 11 is 0. The number of hydrogen-bond acceptors (Lipinski definition) is 3. The molecule has 0 aliphatic carbocycles. The van der Waals surface area contributed by atoms with Gasteiger partial charge in [0.15, 0.2) is 0 Å². The van der Waals surface area contributed by atoms with Gasteiger partial charge < -0.3 is 14.5 Å². The first-order valence-corrected chi connectivity index (χ1v) is 11.9. The van der Waals surface area contributed by atoms with Crippen LogP contribution >= 0.6 is 7.82 Å². The van der Waals surface area contributed by atoms with Crippen LogP contribution in [-0.2, 0) is 13.8 Å². The van der Waals surface area contributed by atoms with E-state index in [9.17, 15) is 4.57 Å². The maximum absolute atomic E-state index is 10.4. The fourth-order valence-corrected chi connectivity index (χ4v) is 3.20.